The Morgan fingerprint density at radius 1 is 1.14 bits per heavy atom. The van der Waals surface area contributed by atoms with Crippen molar-refractivity contribution in [2.24, 2.45) is 7.05 Å². The lowest BCUT2D eigenvalue weighted by molar-refractivity contribution is 0.0594. The first kappa shape index (κ1) is 20.7. The van der Waals surface area contributed by atoms with Gasteiger partial charge in [0.25, 0.3) is 5.91 Å². The van der Waals surface area contributed by atoms with E-state index in [9.17, 15) is 9.59 Å². The van der Waals surface area contributed by atoms with Gasteiger partial charge >= 0.3 is 5.97 Å². The number of hydrogen-bond acceptors (Lipinski definition) is 5. The van der Waals surface area contributed by atoms with Gasteiger partial charge in [-0.05, 0) is 35.9 Å². The normalized spacial score (nSPS) is 10.5. The van der Waals surface area contributed by atoms with Crippen molar-refractivity contribution in [2.75, 3.05) is 12.4 Å². The molecule has 0 bridgehead atoms. The van der Waals surface area contributed by atoms with Gasteiger partial charge in [0.05, 0.1) is 17.8 Å². The lowest BCUT2D eigenvalue weighted by Gasteiger charge is -2.09. The van der Waals surface area contributed by atoms with Crippen LogP contribution in [0.2, 0.25) is 10.0 Å². The number of hydrogen-bond donors (Lipinski definition) is 1. The maximum atomic E-state index is 12.5. The molecule has 3 aromatic rings. The summed E-state index contributed by atoms with van der Waals surface area (Å²) in [4.78, 5) is 24.3. The molecule has 0 saturated carbocycles. The summed E-state index contributed by atoms with van der Waals surface area (Å²) < 4.78 is 11.8. The van der Waals surface area contributed by atoms with Crippen molar-refractivity contribution in [1.82, 2.24) is 9.78 Å². The quantitative estimate of drug-likeness (QED) is 0.584. The Hall–Kier alpha value is -3.03. The van der Waals surface area contributed by atoms with Gasteiger partial charge in [-0.15, -0.1) is 0 Å². The Labute approximate surface area is 177 Å². The lowest BCUT2D eigenvalue weighted by Crippen LogP contribution is -2.14. The molecule has 0 aliphatic carbocycles. The van der Waals surface area contributed by atoms with Crippen LogP contribution < -0.4 is 10.1 Å². The third-order valence-electron chi connectivity index (χ3n) is 3.96. The van der Waals surface area contributed by atoms with Crippen LogP contribution in [0.1, 0.15) is 26.4 Å². The molecule has 9 heteroatoms. The summed E-state index contributed by atoms with van der Waals surface area (Å²) in [6.45, 7) is 0.276. The Balaban J connectivity index is 1.65. The second-order valence-corrected chi connectivity index (χ2v) is 6.91. The summed E-state index contributed by atoms with van der Waals surface area (Å²) in [5.41, 5.74) is 1.57. The van der Waals surface area contributed by atoms with Crippen LogP contribution in [0.3, 0.4) is 0 Å². The molecule has 1 aromatic heterocycles. The molecule has 0 saturated heterocycles. The standard InChI is InChI=1S/C20H17Cl2N3O4/c1-25-10-16(18(24-25)20(27)28-2)23-19(26)13-5-3-12(4-6-13)11-29-17-8-7-14(21)9-15(17)22/h3-10H,11H2,1-2H3,(H,23,26). The minimum absolute atomic E-state index is 0.0354. The van der Waals surface area contributed by atoms with Gasteiger partial charge in [-0.1, -0.05) is 35.3 Å². The van der Waals surface area contributed by atoms with E-state index in [2.05, 4.69) is 15.2 Å². The largest absolute Gasteiger partial charge is 0.487 e. The number of esters is 1. The van der Waals surface area contributed by atoms with Crippen LogP contribution in [0, 0.1) is 0 Å². The average Bonchev–Trinajstić information content (AvgIpc) is 3.07. The number of aryl methyl sites for hydroxylation is 1. The number of carbonyl (C=O) groups is 2. The Kier molecular flexibility index (Phi) is 6.41. The highest BCUT2D eigenvalue weighted by Crippen LogP contribution is 2.28. The summed E-state index contributed by atoms with van der Waals surface area (Å²) in [6.07, 6.45) is 1.53. The third-order valence-corrected chi connectivity index (χ3v) is 4.49. The fraction of sp³-hybridized carbons (Fsp3) is 0.150. The summed E-state index contributed by atoms with van der Waals surface area (Å²) in [5.74, 6) is -0.490. The van der Waals surface area contributed by atoms with E-state index in [-0.39, 0.29) is 23.9 Å². The van der Waals surface area contributed by atoms with Gasteiger partial charge in [-0.3, -0.25) is 9.48 Å². The number of halogens is 2. The van der Waals surface area contributed by atoms with Crippen molar-refractivity contribution in [3.63, 3.8) is 0 Å². The number of amides is 1. The molecule has 0 spiro atoms. The molecule has 3 rings (SSSR count). The van der Waals surface area contributed by atoms with E-state index in [0.29, 0.717) is 21.4 Å². The van der Waals surface area contributed by atoms with Crippen LogP contribution in [0.4, 0.5) is 5.69 Å². The third kappa shape index (κ3) is 5.07. The molecular formula is C20H17Cl2N3O4. The van der Waals surface area contributed by atoms with Crippen LogP contribution in [-0.4, -0.2) is 28.8 Å². The fourth-order valence-electron chi connectivity index (χ4n) is 2.53. The summed E-state index contributed by atoms with van der Waals surface area (Å²) in [6, 6.07) is 11.8. The lowest BCUT2D eigenvalue weighted by atomic mass is 10.1. The predicted molar refractivity (Wildman–Crippen MR) is 110 cm³/mol. The van der Waals surface area contributed by atoms with E-state index in [0.717, 1.165) is 5.56 Å². The first-order valence-electron chi connectivity index (χ1n) is 8.47. The van der Waals surface area contributed by atoms with Crippen molar-refractivity contribution in [1.29, 1.82) is 0 Å². The van der Waals surface area contributed by atoms with Gasteiger partial charge in [-0.2, -0.15) is 5.10 Å². The summed E-state index contributed by atoms with van der Waals surface area (Å²) in [7, 11) is 2.89. The smallest absolute Gasteiger partial charge is 0.360 e. The molecule has 1 heterocycles. The average molecular weight is 434 g/mol. The van der Waals surface area contributed by atoms with Crippen LogP contribution in [0.5, 0.6) is 5.75 Å². The predicted octanol–water partition coefficient (Wildman–Crippen LogP) is 4.34. The highest BCUT2D eigenvalue weighted by atomic mass is 35.5. The molecule has 0 atom stereocenters. The molecule has 2 aromatic carbocycles. The van der Waals surface area contributed by atoms with Gasteiger partial charge in [-0.25, -0.2) is 4.79 Å². The number of benzene rings is 2. The van der Waals surface area contributed by atoms with E-state index in [1.54, 1.807) is 49.5 Å². The van der Waals surface area contributed by atoms with Crippen molar-refractivity contribution in [3.8, 4) is 5.75 Å². The molecule has 0 unspecified atom stereocenters. The second-order valence-electron chi connectivity index (χ2n) is 6.07. The maximum absolute atomic E-state index is 12.5. The van der Waals surface area contributed by atoms with Crippen LogP contribution >= 0.6 is 23.2 Å². The van der Waals surface area contributed by atoms with Crippen molar-refractivity contribution >= 4 is 40.8 Å². The van der Waals surface area contributed by atoms with E-state index >= 15 is 0 Å². The number of carbonyl (C=O) groups excluding carboxylic acids is 2. The van der Waals surface area contributed by atoms with Crippen molar-refractivity contribution in [3.05, 3.63) is 75.5 Å². The van der Waals surface area contributed by atoms with Gasteiger partial charge in [0.1, 0.15) is 12.4 Å². The Morgan fingerprint density at radius 3 is 2.52 bits per heavy atom. The molecule has 150 valence electrons. The zero-order valence-electron chi connectivity index (χ0n) is 15.6. The highest BCUT2D eigenvalue weighted by molar-refractivity contribution is 6.35. The van der Waals surface area contributed by atoms with Gasteiger partial charge < -0.3 is 14.8 Å². The molecule has 1 amide bonds. The van der Waals surface area contributed by atoms with E-state index in [4.69, 9.17) is 27.9 Å². The number of nitrogens with zero attached hydrogens (tertiary/aromatic N) is 2. The van der Waals surface area contributed by atoms with Gasteiger partial charge in [0, 0.05) is 23.8 Å². The number of ether oxygens (including phenoxy) is 2. The van der Waals surface area contributed by atoms with E-state index in [1.165, 1.54) is 18.0 Å². The van der Waals surface area contributed by atoms with Crippen LogP contribution in [-0.2, 0) is 18.4 Å². The fourth-order valence-corrected chi connectivity index (χ4v) is 2.99. The Morgan fingerprint density at radius 2 is 1.86 bits per heavy atom. The Bertz CT molecular complexity index is 1050. The minimum Gasteiger partial charge on any atom is -0.487 e. The molecular weight excluding hydrogens is 417 g/mol. The number of methoxy groups -OCH3 is 1. The second kappa shape index (κ2) is 8.98. The molecule has 29 heavy (non-hydrogen) atoms. The topological polar surface area (TPSA) is 82.5 Å². The molecule has 7 nitrogen and oxygen atoms in total. The van der Waals surface area contributed by atoms with Crippen LogP contribution in [0.15, 0.2) is 48.7 Å². The summed E-state index contributed by atoms with van der Waals surface area (Å²) in [5, 5.41) is 7.62. The van der Waals surface area contributed by atoms with E-state index in [1.807, 2.05) is 0 Å². The van der Waals surface area contributed by atoms with Gasteiger partial charge in [0.2, 0.25) is 0 Å². The molecule has 0 aliphatic heterocycles. The maximum Gasteiger partial charge on any atom is 0.360 e. The van der Waals surface area contributed by atoms with Crippen LogP contribution in [0.25, 0.3) is 0 Å². The minimum atomic E-state index is -0.630. The number of rotatable bonds is 6. The molecule has 1 N–H and O–H groups in total. The van der Waals surface area contributed by atoms with Crippen molar-refractivity contribution in [2.45, 2.75) is 6.61 Å². The number of nitrogens with one attached hydrogen (secondary N) is 1. The van der Waals surface area contributed by atoms with Gasteiger partial charge in [0.15, 0.2) is 5.69 Å². The monoisotopic (exact) mass is 433 g/mol. The number of anilines is 1. The molecule has 0 aliphatic rings. The number of aromatic nitrogens is 2. The van der Waals surface area contributed by atoms with E-state index < -0.39 is 5.97 Å². The summed E-state index contributed by atoms with van der Waals surface area (Å²) >= 11 is 12.0. The zero-order chi connectivity index (χ0) is 21.0. The SMILES string of the molecule is COC(=O)c1nn(C)cc1NC(=O)c1ccc(COc2ccc(Cl)cc2Cl)cc1. The first-order valence-corrected chi connectivity index (χ1v) is 9.23. The first-order chi connectivity index (χ1) is 13.9. The van der Waals surface area contributed by atoms with Crippen molar-refractivity contribution < 1.29 is 19.1 Å². The highest BCUT2D eigenvalue weighted by Gasteiger charge is 2.19. The zero-order valence-corrected chi connectivity index (χ0v) is 17.1. The molecule has 0 radical (unpaired) electrons. The molecule has 0 fully saturated rings.